The van der Waals surface area contributed by atoms with Crippen LogP contribution in [0.2, 0.25) is 5.02 Å². The van der Waals surface area contributed by atoms with Crippen LogP contribution in [0.15, 0.2) is 30.5 Å². The third-order valence-corrected chi connectivity index (χ3v) is 2.55. The van der Waals surface area contributed by atoms with Gasteiger partial charge in [-0.25, -0.2) is 9.18 Å². The monoisotopic (exact) mass is 253 g/mol. The molecule has 0 radical (unpaired) electrons. The molecule has 0 bridgehead atoms. The van der Waals surface area contributed by atoms with Gasteiger partial charge in [0.05, 0.1) is 10.7 Å². The normalized spacial score (nSPS) is 10.5. The summed E-state index contributed by atoms with van der Waals surface area (Å²) in [5, 5.41) is 4.02. The summed E-state index contributed by atoms with van der Waals surface area (Å²) < 4.78 is 14.2. The third-order valence-electron chi connectivity index (χ3n) is 2.24. The van der Waals surface area contributed by atoms with E-state index in [2.05, 4.69) is 5.10 Å². The van der Waals surface area contributed by atoms with Gasteiger partial charge in [0, 0.05) is 12.6 Å². The van der Waals surface area contributed by atoms with Gasteiger partial charge < -0.3 is 5.73 Å². The molecule has 4 nitrogen and oxygen atoms in total. The highest BCUT2D eigenvalue weighted by atomic mass is 35.5. The summed E-state index contributed by atoms with van der Waals surface area (Å²) in [4.78, 5) is 10.8. The topological polar surface area (TPSA) is 60.9 Å². The van der Waals surface area contributed by atoms with Gasteiger partial charge in [-0.3, -0.25) is 0 Å². The first kappa shape index (κ1) is 11.6. The molecule has 1 amide bonds. The maximum absolute atomic E-state index is 13.2. The average Bonchev–Trinajstić information content (AvgIpc) is 2.72. The van der Waals surface area contributed by atoms with Crippen molar-refractivity contribution in [1.29, 1.82) is 0 Å². The number of rotatable bonds is 2. The Balaban J connectivity index is 2.19. The molecule has 1 aromatic carbocycles. The first-order valence-corrected chi connectivity index (χ1v) is 5.22. The Kier molecular flexibility index (Phi) is 3.10. The summed E-state index contributed by atoms with van der Waals surface area (Å²) in [7, 11) is 0. The third kappa shape index (κ3) is 2.62. The number of aromatic nitrogens is 2. The van der Waals surface area contributed by atoms with Crippen LogP contribution in [0.4, 0.5) is 9.18 Å². The summed E-state index contributed by atoms with van der Waals surface area (Å²) in [6.07, 6.45) is 1.87. The highest BCUT2D eigenvalue weighted by Gasteiger charge is 2.06. The van der Waals surface area contributed by atoms with E-state index in [4.69, 9.17) is 17.3 Å². The first-order valence-electron chi connectivity index (χ1n) is 4.84. The first-order chi connectivity index (χ1) is 8.06. The molecule has 0 saturated carbocycles. The molecule has 88 valence electrons. The van der Waals surface area contributed by atoms with Crippen LogP contribution >= 0.6 is 11.6 Å². The Labute approximate surface area is 102 Å². The Morgan fingerprint density at radius 1 is 1.47 bits per heavy atom. The summed E-state index contributed by atoms with van der Waals surface area (Å²) in [5.41, 5.74) is 6.40. The lowest BCUT2D eigenvalue weighted by Gasteiger charge is -2.00. The van der Waals surface area contributed by atoms with E-state index in [0.29, 0.717) is 12.1 Å². The van der Waals surface area contributed by atoms with E-state index in [-0.39, 0.29) is 5.02 Å². The molecule has 0 aliphatic carbocycles. The van der Waals surface area contributed by atoms with Crippen molar-refractivity contribution < 1.29 is 9.18 Å². The molecule has 2 aromatic rings. The Morgan fingerprint density at radius 3 is 2.82 bits per heavy atom. The molecule has 0 saturated heterocycles. The molecular formula is C11H9ClFN3O. The van der Waals surface area contributed by atoms with Crippen LogP contribution in [0.1, 0.15) is 11.3 Å². The van der Waals surface area contributed by atoms with Gasteiger partial charge in [-0.2, -0.15) is 9.78 Å². The predicted molar refractivity (Wildman–Crippen MR) is 61.4 cm³/mol. The zero-order chi connectivity index (χ0) is 12.4. The van der Waals surface area contributed by atoms with Gasteiger partial charge >= 0.3 is 6.03 Å². The summed E-state index contributed by atoms with van der Waals surface area (Å²) in [5.74, 6) is -0.474. The van der Waals surface area contributed by atoms with Crippen molar-refractivity contribution in [2.75, 3.05) is 0 Å². The molecule has 0 fully saturated rings. The van der Waals surface area contributed by atoms with Crippen molar-refractivity contribution in [2.45, 2.75) is 6.42 Å². The Morgan fingerprint density at radius 2 is 2.24 bits per heavy atom. The molecule has 0 unspecified atom stereocenters. The quantitative estimate of drug-likeness (QED) is 0.892. The van der Waals surface area contributed by atoms with E-state index < -0.39 is 11.8 Å². The number of nitrogens with zero attached hydrogens (tertiary/aromatic N) is 2. The zero-order valence-corrected chi connectivity index (χ0v) is 9.49. The van der Waals surface area contributed by atoms with E-state index in [1.165, 1.54) is 18.3 Å². The minimum Gasteiger partial charge on any atom is -0.350 e. The molecule has 1 heterocycles. The van der Waals surface area contributed by atoms with E-state index in [0.717, 1.165) is 10.2 Å². The van der Waals surface area contributed by atoms with Gasteiger partial charge in [0.25, 0.3) is 0 Å². The summed E-state index contributed by atoms with van der Waals surface area (Å²) in [6.45, 7) is 0. The molecule has 0 aliphatic heterocycles. The van der Waals surface area contributed by atoms with Crippen molar-refractivity contribution in [3.8, 4) is 0 Å². The number of amides is 1. The van der Waals surface area contributed by atoms with Crippen LogP contribution in [-0.2, 0) is 6.42 Å². The van der Waals surface area contributed by atoms with Crippen molar-refractivity contribution in [1.82, 2.24) is 9.78 Å². The lowest BCUT2D eigenvalue weighted by molar-refractivity contribution is 0.247. The molecule has 2 N–H and O–H groups in total. The van der Waals surface area contributed by atoms with Gasteiger partial charge in [-0.05, 0) is 23.8 Å². The van der Waals surface area contributed by atoms with Crippen LogP contribution < -0.4 is 5.73 Å². The summed E-state index contributed by atoms with van der Waals surface area (Å²) in [6, 6.07) is 5.52. The van der Waals surface area contributed by atoms with Gasteiger partial charge in [0.15, 0.2) is 0 Å². The van der Waals surface area contributed by atoms with Crippen LogP contribution in [0.3, 0.4) is 0 Å². The highest BCUT2D eigenvalue weighted by Crippen LogP contribution is 2.17. The second-order valence-electron chi connectivity index (χ2n) is 3.52. The lowest BCUT2D eigenvalue weighted by atomic mass is 10.1. The van der Waals surface area contributed by atoms with E-state index in [9.17, 15) is 9.18 Å². The van der Waals surface area contributed by atoms with Gasteiger partial charge in [0.1, 0.15) is 5.82 Å². The van der Waals surface area contributed by atoms with E-state index >= 15 is 0 Å². The smallest absolute Gasteiger partial charge is 0.339 e. The standard InChI is InChI=1S/C11H9ClFN3O/c12-9-2-1-7(6-10(9)13)5-8-3-4-16(15-8)11(14)17/h1-4,6H,5H2,(H2,14,17). The van der Waals surface area contributed by atoms with Crippen molar-refractivity contribution >= 4 is 17.6 Å². The highest BCUT2D eigenvalue weighted by molar-refractivity contribution is 6.30. The molecule has 1 aromatic heterocycles. The second-order valence-corrected chi connectivity index (χ2v) is 3.92. The zero-order valence-electron chi connectivity index (χ0n) is 8.73. The number of carbonyl (C=O) groups excluding carboxylic acids is 1. The van der Waals surface area contributed by atoms with Gasteiger partial charge in [-0.15, -0.1) is 0 Å². The Bertz CT molecular complexity index is 568. The van der Waals surface area contributed by atoms with Crippen LogP contribution in [-0.4, -0.2) is 15.8 Å². The van der Waals surface area contributed by atoms with Crippen molar-refractivity contribution in [2.24, 2.45) is 5.73 Å². The number of hydrogen-bond acceptors (Lipinski definition) is 2. The maximum atomic E-state index is 13.2. The number of nitrogens with two attached hydrogens (primary N) is 1. The SMILES string of the molecule is NC(=O)n1ccc(Cc2ccc(Cl)c(F)c2)n1. The molecule has 2 rings (SSSR count). The number of hydrogen-bond donors (Lipinski definition) is 1. The molecule has 0 atom stereocenters. The average molecular weight is 254 g/mol. The minimum absolute atomic E-state index is 0.0800. The van der Waals surface area contributed by atoms with Crippen LogP contribution in [0.5, 0.6) is 0 Å². The number of benzene rings is 1. The van der Waals surface area contributed by atoms with Crippen molar-refractivity contribution in [3.05, 3.63) is 52.6 Å². The Hall–Kier alpha value is -1.88. The van der Waals surface area contributed by atoms with E-state index in [1.807, 2.05) is 0 Å². The van der Waals surface area contributed by atoms with Crippen LogP contribution in [0.25, 0.3) is 0 Å². The van der Waals surface area contributed by atoms with E-state index in [1.54, 1.807) is 12.1 Å². The largest absolute Gasteiger partial charge is 0.350 e. The number of primary amides is 1. The fourth-order valence-electron chi connectivity index (χ4n) is 1.44. The second kappa shape index (κ2) is 4.55. The van der Waals surface area contributed by atoms with Crippen molar-refractivity contribution in [3.63, 3.8) is 0 Å². The summed E-state index contributed by atoms with van der Waals surface area (Å²) >= 11 is 5.57. The molecule has 17 heavy (non-hydrogen) atoms. The molecule has 6 heteroatoms. The van der Waals surface area contributed by atoms with Crippen LogP contribution in [0, 0.1) is 5.82 Å². The fraction of sp³-hybridized carbons (Fsp3) is 0.0909. The predicted octanol–water partition coefficient (Wildman–Crippen LogP) is 2.19. The fourth-order valence-corrected chi connectivity index (χ4v) is 1.55. The number of carbonyl (C=O) groups is 1. The number of halogens is 2. The molecule has 0 aliphatic rings. The van der Waals surface area contributed by atoms with Gasteiger partial charge in [0.2, 0.25) is 0 Å². The lowest BCUT2D eigenvalue weighted by Crippen LogP contribution is -2.20. The maximum Gasteiger partial charge on any atom is 0.339 e. The van der Waals surface area contributed by atoms with Gasteiger partial charge in [-0.1, -0.05) is 17.7 Å². The molecular weight excluding hydrogens is 245 g/mol. The minimum atomic E-state index is -0.654. The molecule has 0 spiro atoms.